The van der Waals surface area contributed by atoms with E-state index in [1.165, 1.54) is 13.8 Å². The number of carbonyl (C=O) groups is 1. The SMILES string of the molecule is CCCOC(=O)C(CC)(CC)[C@@H](N)C(F)(F)F. The van der Waals surface area contributed by atoms with E-state index in [0.717, 1.165) is 0 Å². The second-order valence-electron chi connectivity index (χ2n) is 4.02. The molecule has 17 heavy (non-hydrogen) atoms. The van der Waals surface area contributed by atoms with Crippen molar-refractivity contribution in [2.45, 2.75) is 52.3 Å². The van der Waals surface area contributed by atoms with Gasteiger partial charge in [-0.3, -0.25) is 4.79 Å². The van der Waals surface area contributed by atoms with Gasteiger partial charge >= 0.3 is 12.1 Å². The van der Waals surface area contributed by atoms with Crippen LogP contribution in [0.4, 0.5) is 13.2 Å². The highest BCUT2D eigenvalue weighted by Gasteiger charge is 2.54. The van der Waals surface area contributed by atoms with Crippen molar-refractivity contribution in [2.75, 3.05) is 6.61 Å². The first kappa shape index (κ1) is 16.2. The van der Waals surface area contributed by atoms with E-state index in [2.05, 4.69) is 0 Å². The van der Waals surface area contributed by atoms with Crippen LogP contribution in [0.15, 0.2) is 0 Å². The lowest BCUT2D eigenvalue weighted by molar-refractivity contribution is -0.194. The molecule has 0 heterocycles. The molecule has 3 nitrogen and oxygen atoms in total. The van der Waals surface area contributed by atoms with Crippen molar-refractivity contribution < 1.29 is 22.7 Å². The molecule has 0 aromatic heterocycles. The van der Waals surface area contributed by atoms with Gasteiger partial charge in [-0.05, 0) is 19.3 Å². The lowest BCUT2D eigenvalue weighted by Gasteiger charge is -2.35. The van der Waals surface area contributed by atoms with Crippen LogP contribution >= 0.6 is 0 Å². The predicted octanol–water partition coefficient (Wildman–Crippen LogP) is 2.64. The molecule has 0 aliphatic carbocycles. The molecule has 0 aromatic rings. The van der Waals surface area contributed by atoms with E-state index in [1.54, 1.807) is 6.92 Å². The number of esters is 1. The summed E-state index contributed by atoms with van der Waals surface area (Å²) in [5.41, 5.74) is 3.52. The van der Waals surface area contributed by atoms with Crippen LogP contribution in [0, 0.1) is 5.41 Å². The normalized spacial score (nSPS) is 14.5. The fourth-order valence-electron chi connectivity index (χ4n) is 1.76. The Balaban J connectivity index is 5.08. The Bertz CT molecular complexity index is 250. The predicted molar refractivity (Wildman–Crippen MR) is 58.3 cm³/mol. The number of hydrogen-bond donors (Lipinski definition) is 1. The molecule has 0 rings (SSSR count). The van der Waals surface area contributed by atoms with Crippen molar-refractivity contribution in [1.82, 2.24) is 0 Å². The fraction of sp³-hybridized carbons (Fsp3) is 0.909. The zero-order valence-corrected chi connectivity index (χ0v) is 10.4. The topological polar surface area (TPSA) is 52.3 Å². The third kappa shape index (κ3) is 3.59. The number of nitrogens with two attached hydrogens (primary N) is 1. The summed E-state index contributed by atoms with van der Waals surface area (Å²) in [6.45, 7) is 4.92. The first-order valence-corrected chi connectivity index (χ1v) is 5.75. The van der Waals surface area contributed by atoms with Crippen LogP contribution in [0.25, 0.3) is 0 Å². The molecule has 102 valence electrons. The molecule has 0 aliphatic heterocycles. The molecular weight excluding hydrogens is 235 g/mol. The summed E-state index contributed by atoms with van der Waals surface area (Å²) in [5.74, 6) is -0.853. The highest BCUT2D eigenvalue weighted by Crippen LogP contribution is 2.39. The number of alkyl halides is 3. The summed E-state index contributed by atoms with van der Waals surface area (Å²) in [4.78, 5) is 11.8. The summed E-state index contributed by atoms with van der Waals surface area (Å²) in [7, 11) is 0. The highest BCUT2D eigenvalue weighted by atomic mass is 19.4. The minimum Gasteiger partial charge on any atom is -0.465 e. The monoisotopic (exact) mass is 255 g/mol. The molecule has 0 radical (unpaired) electrons. The van der Waals surface area contributed by atoms with Gasteiger partial charge in [-0.25, -0.2) is 0 Å². The maximum absolute atomic E-state index is 12.7. The van der Waals surface area contributed by atoms with Crippen LogP contribution in [-0.2, 0) is 9.53 Å². The first-order valence-electron chi connectivity index (χ1n) is 5.75. The van der Waals surface area contributed by atoms with Crippen molar-refractivity contribution in [3.8, 4) is 0 Å². The van der Waals surface area contributed by atoms with Gasteiger partial charge in [0, 0.05) is 0 Å². The van der Waals surface area contributed by atoms with Crippen molar-refractivity contribution in [3.63, 3.8) is 0 Å². The average Bonchev–Trinajstić information content (AvgIpc) is 2.27. The Morgan fingerprint density at radius 2 is 1.71 bits per heavy atom. The molecule has 0 aliphatic rings. The van der Waals surface area contributed by atoms with E-state index in [0.29, 0.717) is 6.42 Å². The zero-order valence-electron chi connectivity index (χ0n) is 10.4. The Kier molecular flexibility index (Phi) is 5.95. The van der Waals surface area contributed by atoms with E-state index in [1.807, 2.05) is 0 Å². The van der Waals surface area contributed by atoms with Gasteiger partial charge in [0.1, 0.15) is 6.04 Å². The molecule has 0 unspecified atom stereocenters. The molecule has 0 saturated carbocycles. The second kappa shape index (κ2) is 6.23. The molecule has 0 aromatic carbocycles. The molecule has 0 saturated heterocycles. The van der Waals surface area contributed by atoms with Crippen LogP contribution in [0.5, 0.6) is 0 Å². The Morgan fingerprint density at radius 1 is 1.24 bits per heavy atom. The molecule has 2 N–H and O–H groups in total. The summed E-state index contributed by atoms with van der Waals surface area (Å²) in [6, 6.07) is -2.19. The van der Waals surface area contributed by atoms with Crippen LogP contribution in [0.3, 0.4) is 0 Å². The van der Waals surface area contributed by atoms with Gasteiger partial charge in [0.15, 0.2) is 0 Å². The number of ether oxygens (including phenoxy) is 1. The summed E-state index contributed by atoms with van der Waals surface area (Å²) in [6.07, 6.45) is -4.02. The van der Waals surface area contributed by atoms with Crippen molar-refractivity contribution in [3.05, 3.63) is 0 Å². The minimum absolute atomic E-state index is 0.00667. The van der Waals surface area contributed by atoms with Gasteiger partial charge in [0.2, 0.25) is 0 Å². The molecule has 6 heteroatoms. The van der Waals surface area contributed by atoms with Crippen molar-refractivity contribution in [2.24, 2.45) is 11.1 Å². The smallest absolute Gasteiger partial charge is 0.404 e. The standard InChI is InChI=1S/C11H20F3NO2/c1-4-7-17-9(16)10(5-2,6-3)8(15)11(12,13)14/h8H,4-7,15H2,1-3H3/t8-/m1/s1. The Hall–Kier alpha value is -0.780. The molecule has 0 fully saturated rings. The van der Waals surface area contributed by atoms with Gasteiger partial charge in [-0.15, -0.1) is 0 Å². The summed E-state index contributed by atoms with van der Waals surface area (Å²) in [5, 5.41) is 0. The van der Waals surface area contributed by atoms with E-state index < -0.39 is 23.6 Å². The highest BCUT2D eigenvalue weighted by molar-refractivity contribution is 5.78. The van der Waals surface area contributed by atoms with Crippen LogP contribution in [0.1, 0.15) is 40.0 Å². The average molecular weight is 255 g/mol. The Morgan fingerprint density at radius 3 is 2.00 bits per heavy atom. The number of hydrogen-bond acceptors (Lipinski definition) is 3. The quantitative estimate of drug-likeness (QED) is 0.742. The first-order chi connectivity index (χ1) is 7.76. The summed E-state index contributed by atoms with van der Waals surface area (Å²) < 4.78 is 42.8. The third-order valence-corrected chi connectivity index (χ3v) is 3.05. The van der Waals surface area contributed by atoms with Crippen molar-refractivity contribution >= 4 is 5.97 Å². The van der Waals surface area contributed by atoms with E-state index in [9.17, 15) is 18.0 Å². The lowest BCUT2D eigenvalue weighted by atomic mass is 9.75. The largest absolute Gasteiger partial charge is 0.465 e. The van der Waals surface area contributed by atoms with E-state index in [4.69, 9.17) is 10.5 Å². The number of halogens is 3. The van der Waals surface area contributed by atoms with E-state index >= 15 is 0 Å². The molecule has 0 amide bonds. The number of carbonyl (C=O) groups excluding carboxylic acids is 1. The maximum atomic E-state index is 12.7. The van der Waals surface area contributed by atoms with Gasteiger partial charge in [-0.2, -0.15) is 13.2 Å². The minimum atomic E-state index is -4.60. The van der Waals surface area contributed by atoms with Gasteiger partial charge in [-0.1, -0.05) is 20.8 Å². The third-order valence-electron chi connectivity index (χ3n) is 3.05. The Labute approximate surface area is 99.5 Å². The van der Waals surface area contributed by atoms with Gasteiger partial charge in [0.05, 0.1) is 12.0 Å². The molecular formula is C11H20F3NO2. The molecule has 0 spiro atoms. The van der Waals surface area contributed by atoms with Crippen LogP contribution in [0.2, 0.25) is 0 Å². The van der Waals surface area contributed by atoms with Gasteiger partial charge < -0.3 is 10.5 Å². The van der Waals surface area contributed by atoms with Crippen LogP contribution in [-0.4, -0.2) is 24.8 Å². The fourth-order valence-corrected chi connectivity index (χ4v) is 1.76. The molecule has 1 atom stereocenters. The van der Waals surface area contributed by atoms with Crippen molar-refractivity contribution in [1.29, 1.82) is 0 Å². The number of rotatable bonds is 6. The summed E-state index contributed by atoms with van der Waals surface area (Å²) >= 11 is 0. The zero-order chi connectivity index (χ0) is 13.7. The second-order valence-corrected chi connectivity index (χ2v) is 4.02. The van der Waals surface area contributed by atoms with Gasteiger partial charge in [0.25, 0.3) is 0 Å². The maximum Gasteiger partial charge on any atom is 0.404 e. The molecule has 0 bridgehead atoms. The van der Waals surface area contributed by atoms with Crippen LogP contribution < -0.4 is 5.73 Å². The van der Waals surface area contributed by atoms with E-state index in [-0.39, 0.29) is 19.4 Å². The lowest BCUT2D eigenvalue weighted by Crippen LogP contribution is -2.55.